The van der Waals surface area contributed by atoms with Gasteiger partial charge >= 0.3 is 0 Å². The SMILES string of the molecule is Nc1cccc(C(=O)Nc2ccc(N3CCN4CCC3CC4)nc2)c1. The molecular formula is C19H23N5O. The van der Waals surface area contributed by atoms with Crippen molar-refractivity contribution in [1.82, 2.24) is 9.88 Å². The molecule has 2 aromatic rings. The number of nitrogens with one attached hydrogen (secondary N) is 1. The highest BCUT2D eigenvalue weighted by molar-refractivity contribution is 6.04. The van der Waals surface area contributed by atoms with Gasteiger partial charge in [0.2, 0.25) is 0 Å². The molecular weight excluding hydrogens is 314 g/mol. The van der Waals surface area contributed by atoms with E-state index in [-0.39, 0.29) is 5.91 Å². The number of fused-ring (bicyclic) bond motifs is 4. The molecule has 0 unspecified atom stereocenters. The van der Waals surface area contributed by atoms with E-state index in [1.54, 1.807) is 30.5 Å². The van der Waals surface area contributed by atoms with Crippen molar-refractivity contribution < 1.29 is 4.79 Å². The first-order valence-corrected chi connectivity index (χ1v) is 8.81. The summed E-state index contributed by atoms with van der Waals surface area (Å²) in [5.74, 6) is 0.818. The van der Waals surface area contributed by atoms with Gasteiger partial charge in [-0.2, -0.15) is 0 Å². The first-order valence-electron chi connectivity index (χ1n) is 8.81. The lowest BCUT2D eigenvalue weighted by Crippen LogP contribution is -2.38. The quantitative estimate of drug-likeness (QED) is 0.840. The number of nitrogens with zero attached hydrogens (tertiary/aromatic N) is 3. The number of aromatic nitrogens is 1. The summed E-state index contributed by atoms with van der Waals surface area (Å²) in [7, 11) is 0. The molecule has 0 radical (unpaired) electrons. The Morgan fingerprint density at radius 2 is 1.96 bits per heavy atom. The summed E-state index contributed by atoms with van der Waals surface area (Å²) in [5, 5.41) is 2.88. The van der Waals surface area contributed by atoms with Crippen molar-refractivity contribution in [3.8, 4) is 0 Å². The smallest absolute Gasteiger partial charge is 0.255 e. The van der Waals surface area contributed by atoms with Crippen LogP contribution in [0.1, 0.15) is 23.2 Å². The van der Waals surface area contributed by atoms with E-state index in [0.29, 0.717) is 23.0 Å². The summed E-state index contributed by atoms with van der Waals surface area (Å²) in [6.45, 7) is 4.50. The molecule has 130 valence electrons. The van der Waals surface area contributed by atoms with Crippen molar-refractivity contribution in [1.29, 1.82) is 0 Å². The molecule has 3 aliphatic rings. The topological polar surface area (TPSA) is 74.5 Å². The van der Waals surface area contributed by atoms with Crippen molar-refractivity contribution in [2.24, 2.45) is 0 Å². The molecule has 25 heavy (non-hydrogen) atoms. The normalized spacial score (nSPS) is 22.5. The molecule has 3 fully saturated rings. The summed E-state index contributed by atoms with van der Waals surface area (Å²) in [6, 6.07) is 11.5. The predicted molar refractivity (Wildman–Crippen MR) is 99.9 cm³/mol. The highest BCUT2D eigenvalue weighted by Gasteiger charge is 2.29. The minimum atomic E-state index is -0.178. The molecule has 1 aromatic carbocycles. The van der Waals surface area contributed by atoms with E-state index in [1.165, 1.54) is 25.9 Å². The van der Waals surface area contributed by atoms with Gasteiger partial charge in [0, 0.05) is 43.5 Å². The van der Waals surface area contributed by atoms with Crippen LogP contribution in [0.4, 0.5) is 17.2 Å². The number of nitrogens with two attached hydrogens (primary N) is 1. The van der Waals surface area contributed by atoms with Crippen LogP contribution in [-0.4, -0.2) is 48.0 Å². The zero-order chi connectivity index (χ0) is 17.2. The Balaban J connectivity index is 1.46. The second-order valence-corrected chi connectivity index (χ2v) is 6.75. The zero-order valence-electron chi connectivity index (χ0n) is 14.2. The number of anilines is 3. The van der Waals surface area contributed by atoms with Crippen LogP contribution in [0.25, 0.3) is 0 Å². The molecule has 3 aliphatic heterocycles. The molecule has 1 aromatic heterocycles. The van der Waals surface area contributed by atoms with Gasteiger partial charge < -0.3 is 20.9 Å². The van der Waals surface area contributed by atoms with Gasteiger partial charge in [0.05, 0.1) is 11.9 Å². The number of piperidine rings is 1. The Morgan fingerprint density at radius 3 is 2.68 bits per heavy atom. The number of rotatable bonds is 3. The maximum atomic E-state index is 12.3. The Bertz CT molecular complexity index is 753. The summed E-state index contributed by atoms with van der Waals surface area (Å²) >= 11 is 0. The molecule has 0 atom stereocenters. The average Bonchev–Trinajstić information content (AvgIpc) is 2.96. The standard InChI is InChI=1S/C19H23N5O/c20-15-3-1-2-14(12-15)19(25)22-16-4-5-18(21-13-16)24-11-10-23-8-6-17(24)7-9-23/h1-5,12-13,17H,6-11,20H2,(H,22,25). The van der Waals surface area contributed by atoms with Crippen LogP contribution >= 0.6 is 0 Å². The van der Waals surface area contributed by atoms with Crippen LogP contribution < -0.4 is 16.0 Å². The van der Waals surface area contributed by atoms with E-state index in [2.05, 4.69) is 20.1 Å². The summed E-state index contributed by atoms with van der Waals surface area (Å²) < 4.78 is 0. The molecule has 4 heterocycles. The lowest BCUT2D eigenvalue weighted by atomic mass is 10.1. The Kier molecular flexibility index (Phi) is 4.28. The third-order valence-corrected chi connectivity index (χ3v) is 5.10. The van der Waals surface area contributed by atoms with Crippen molar-refractivity contribution in [3.63, 3.8) is 0 Å². The third-order valence-electron chi connectivity index (χ3n) is 5.10. The molecule has 5 rings (SSSR count). The summed E-state index contributed by atoms with van der Waals surface area (Å²) in [4.78, 5) is 21.8. The van der Waals surface area contributed by atoms with Crippen LogP contribution in [0.15, 0.2) is 42.6 Å². The van der Waals surface area contributed by atoms with Crippen LogP contribution in [0, 0.1) is 0 Å². The van der Waals surface area contributed by atoms with Gasteiger partial charge in [-0.25, -0.2) is 4.98 Å². The Morgan fingerprint density at radius 1 is 1.12 bits per heavy atom. The minimum absolute atomic E-state index is 0.178. The number of benzene rings is 1. The Hall–Kier alpha value is -2.60. The number of hydrogen-bond acceptors (Lipinski definition) is 5. The van der Waals surface area contributed by atoms with Gasteiger partial charge in [0.1, 0.15) is 5.82 Å². The second kappa shape index (κ2) is 6.72. The van der Waals surface area contributed by atoms with Crippen molar-refractivity contribution >= 4 is 23.1 Å². The van der Waals surface area contributed by atoms with E-state index in [9.17, 15) is 4.79 Å². The van der Waals surface area contributed by atoms with Gasteiger partial charge in [-0.05, 0) is 43.2 Å². The predicted octanol–water partition coefficient (Wildman–Crippen LogP) is 2.20. The minimum Gasteiger partial charge on any atom is -0.399 e. The van der Waals surface area contributed by atoms with E-state index < -0.39 is 0 Å². The van der Waals surface area contributed by atoms with Gasteiger partial charge in [-0.15, -0.1) is 0 Å². The maximum Gasteiger partial charge on any atom is 0.255 e. The van der Waals surface area contributed by atoms with Crippen LogP contribution in [-0.2, 0) is 0 Å². The van der Waals surface area contributed by atoms with Crippen molar-refractivity contribution in [2.75, 3.05) is 42.1 Å². The second-order valence-electron chi connectivity index (χ2n) is 6.75. The molecule has 0 spiro atoms. The fourth-order valence-electron chi connectivity index (χ4n) is 3.70. The van der Waals surface area contributed by atoms with Gasteiger partial charge in [-0.3, -0.25) is 4.79 Å². The van der Waals surface area contributed by atoms with Crippen LogP contribution in [0.5, 0.6) is 0 Å². The largest absolute Gasteiger partial charge is 0.399 e. The fraction of sp³-hybridized carbons (Fsp3) is 0.368. The molecule has 0 aliphatic carbocycles. The van der Waals surface area contributed by atoms with Crippen LogP contribution in [0.3, 0.4) is 0 Å². The molecule has 6 nitrogen and oxygen atoms in total. The molecule has 0 saturated carbocycles. The molecule has 3 N–H and O–H groups in total. The molecule has 6 heteroatoms. The number of hydrogen-bond donors (Lipinski definition) is 2. The van der Waals surface area contributed by atoms with E-state index >= 15 is 0 Å². The summed E-state index contributed by atoms with van der Waals surface area (Å²) in [6.07, 6.45) is 4.14. The van der Waals surface area contributed by atoms with Crippen molar-refractivity contribution in [2.45, 2.75) is 18.9 Å². The van der Waals surface area contributed by atoms with Gasteiger partial charge in [0.25, 0.3) is 5.91 Å². The zero-order valence-corrected chi connectivity index (χ0v) is 14.2. The van der Waals surface area contributed by atoms with Crippen molar-refractivity contribution in [3.05, 3.63) is 48.2 Å². The number of carbonyl (C=O) groups is 1. The van der Waals surface area contributed by atoms with Gasteiger partial charge in [0.15, 0.2) is 0 Å². The monoisotopic (exact) mass is 337 g/mol. The lowest BCUT2D eigenvalue weighted by Gasteiger charge is -2.32. The summed E-state index contributed by atoms with van der Waals surface area (Å²) in [5.41, 5.74) is 7.55. The number of carbonyl (C=O) groups excluding carboxylic acids is 1. The Labute approximate surface area is 147 Å². The van der Waals surface area contributed by atoms with Gasteiger partial charge in [-0.1, -0.05) is 6.07 Å². The number of pyridine rings is 1. The molecule has 3 saturated heterocycles. The first kappa shape index (κ1) is 15.9. The molecule has 2 bridgehead atoms. The van der Waals surface area contributed by atoms with E-state index in [4.69, 9.17) is 5.73 Å². The fourth-order valence-corrected chi connectivity index (χ4v) is 3.70. The number of amides is 1. The van der Waals surface area contributed by atoms with Crippen LogP contribution in [0.2, 0.25) is 0 Å². The average molecular weight is 337 g/mol. The first-order chi connectivity index (χ1) is 12.2. The molecule has 1 amide bonds. The van der Waals surface area contributed by atoms with E-state index in [0.717, 1.165) is 18.9 Å². The third kappa shape index (κ3) is 3.44. The lowest BCUT2D eigenvalue weighted by molar-refractivity contribution is 0.102. The number of nitrogen functional groups attached to an aromatic ring is 1. The highest BCUT2D eigenvalue weighted by atomic mass is 16.1. The highest BCUT2D eigenvalue weighted by Crippen LogP contribution is 2.26. The maximum absolute atomic E-state index is 12.3. The van der Waals surface area contributed by atoms with E-state index in [1.807, 2.05) is 12.1 Å².